The normalized spacial score (nSPS) is 12.1. The lowest BCUT2D eigenvalue weighted by molar-refractivity contribution is 0.635. The molecule has 13 heavy (non-hydrogen) atoms. The Morgan fingerprint density at radius 2 is 2.46 bits per heavy atom. The van der Waals surface area contributed by atoms with Gasteiger partial charge in [0.15, 0.2) is 0 Å². The van der Waals surface area contributed by atoms with Crippen LogP contribution in [0.15, 0.2) is 18.5 Å². The van der Waals surface area contributed by atoms with Gasteiger partial charge in [-0.15, -0.1) is 0 Å². The summed E-state index contributed by atoms with van der Waals surface area (Å²) in [7, 11) is 0. The number of nitrogens with zero attached hydrogens (tertiary/aromatic N) is 2. The highest BCUT2D eigenvalue weighted by Gasteiger charge is 2.09. The van der Waals surface area contributed by atoms with E-state index in [9.17, 15) is 0 Å². The minimum Gasteiger partial charge on any atom is -0.324 e. The van der Waals surface area contributed by atoms with E-state index in [1.54, 1.807) is 18.5 Å². The van der Waals surface area contributed by atoms with Crippen molar-refractivity contribution in [2.75, 3.05) is 0 Å². The van der Waals surface area contributed by atoms with E-state index in [2.05, 4.69) is 18.0 Å². The summed E-state index contributed by atoms with van der Waals surface area (Å²) in [4.78, 5) is 3.97. The standard InChI is InChI=1S/C10H13N3/c1-2-3-10(12)9-7-13-5-4-8(9)6-11/h4-5,7,10H,2-3,12H2,1H3/t10-/m1/s1. The van der Waals surface area contributed by atoms with Crippen LogP contribution >= 0.6 is 0 Å². The molecule has 3 nitrogen and oxygen atoms in total. The lowest BCUT2D eigenvalue weighted by Gasteiger charge is -2.10. The Morgan fingerprint density at radius 3 is 3.08 bits per heavy atom. The van der Waals surface area contributed by atoms with Gasteiger partial charge in [0.1, 0.15) is 0 Å². The molecule has 1 atom stereocenters. The number of hydrogen-bond donors (Lipinski definition) is 1. The van der Waals surface area contributed by atoms with Crippen molar-refractivity contribution in [3.63, 3.8) is 0 Å². The third-order valence-electron chi connectivity index (χ3n) is 1.97. The largest absolute Gasteiger partial charge is 0.324 e. The molecule has 1 rings (SSSR count). The molecular weight excluding hydrogens is 162 g/mol. The molecule has 1 aromatic rings. The molecule has 0 spiro atoms. The zero-order chi connectivity index (χ0) is 9.68. The van der Waals surface area contributed by atoms with Gasteiger partial charge in [-0.1, -0.05) is 13.3 Å². The topological polar surface area (TPSA) is 62.7 Å². The van der Waals surface area contributed by atoms with Gasteiger partial charge in [0.05, 0.1) is 11.6 Å². The highest BCUT2D eigenvalue weighted by atomic mass is 14.7. The van der Waals surface area contributed by atoms with E-state index in [0.29, 0.717) is 5.56 Å². The SMILES string of the molecule is CCC[C@@H](N)c1cnccc1C#N. The van der Waals surface area contributed by atoms with E-state index in [-0.39, 0.29) is 6.04 Å². The third-order valence-corrected chi connectivity index (χ3v) is 1.97. The second-order valence-electron chi connectivity index (χ2n) is 2.97. The van der Waals surface area contributed by atoms with Gasteiger partial charge in [0.25, 0.3) is 0 Å². The molecule has 0 fully saturated rings. The van der Waals surface area contributed by atoms with Crippen molar-refractivity contribution in [3.05, 3.63) is 29.6 Å². The smallest absolute Gasteiger partial charge is 0.0996 e. The minimum absolute atomic E-state index is 0.0617. The highest BCUT2D eigenvalue weighted by molar-refractivity contribution is 5.36. The number of nitrogens with two attached hydrogens (primary N) is 1. The first-order valence-corrected chi connectivity index (χ1v) is 4.39. The number of aromatic nitrogens is 1. The van der Waals surface area contributed by atoms with Crippen LogP contribution in [0.1, 0.15) is 36.9 Å². The van der Waals surface area contributed by atoms with E-state index in [1.165, 1.54) is 0 Å². The van der Waals surface area contributed by atoms with E-state index < -0.39 is 0 Å². The summed E-state index contributed by atoms with van der Waals surface area (Å²) in [6.45, 7) is 2.07. The maximum atomic E-state index is 8.80. The zero-order valence-corrected chi connectivity index (χ0v) is 7.70. The maximum absolute atomic E-state index is 8.80. The molecule has 0 radical (unpaired) electrons. The van der Waals surface area contributed by atoms with Crippen LogP contribution in [0.4, 0.5) is 0 Å². The van der Waals surface area contributed by atoms with Crippen LogP contribution in [0, 0.1) is 11.3 Å². The molecule has 0 aliphatic heterocycles. The Bertz CT molecular complexity index is 314. The van der Waals surface area contributed by atoms with Crippen LogP contribution in [-0.2, 0) is 0 Å². The van der Waals surface area contributed by atoms with Crippen molar-refractivity contribution in [2.24, 2.45) is 5.73 Å². The van der Waals surface area contributed by atoms with E-state index in [0.717, 1.165) is 18.4 Å². The van der Waals surface area contributed by atoms with Crippen molar-refractivity contribution in [2.45, 2.75) is 25.8 Å². The summed E-state index contributed by atoms with van der Waals surface area (Å²) >= 11 is 0. The van der Waals surface area contributed by atoms with Crippen LogP contribution in [0.25, 0.3) is 0 Å². The fourth-order valence-corrected chi connectivity index (χ4v) is 1.27. The molecule has 2 N–H and O–H groups in total. The summed E-state index contributed by atoms with van der Waals surface area (Å²) in [5.74, 6) is 0. The van der Waals surface area contributed by atoms with Crippen molar-refractivity contribution < 1.29 is 0 Å². The predicted octanol–water partition coefficient (Wildman–Crippen LogP) is 1.75. The fraction of sp³-hybridized carbons (Fsp3) is 0.400. The number of nitriles is 1. The van der Waals surface area contributed by atoms with Crippen molar-refractivity contribution >= 4 is 0 Å². The van der Waals surface area contributed by atoms with Gasteiger partial charge >= 0.3 is 0 Å². The molecule has 0 bridgehead atoms. The Hall–Kier alpha value is -1.40. The van der Waals surface area contributed by atoms with Crippen LogP contribution in [0.2, 0.25) is 0 Å². The summed E-state index contributed by atoms with van der Waals surface area (Å²) in [5, 5.41) is 8.80. The summed E-state index contributed by atoms with van der Waals surface area (Å²) in [6.07, 6.45) is 5.20. The number of rotatable bonds is 3. The quantitative estimate of drug-likeness (QED) is 0.761. The molecule has 0 amide bonds. The Morgan fingerprint density at radius 1 is 1.69 bits per heavy atom. The molecule has 0 saturated heterocycles. The fourth-order valence-electron chi connectivity index (χ4n) is 1.27. The second kappa shape index (κ2) is 4.58. The zero-order valence-electron chi connectivity index (χ0n) is 7.70. The minimum atomic E-state index is -0.0617. The molecule has 3 heteroatoms. The first-order chi connectivity index (χ1) is 6.29. The average molecular weight is 175 g/mol. The molecule has 0 aliphatic rings. The second-order valence-corrected chi connectivity index (χ2v) is 2.97. The summed E-state index contributed by atoms with van der Waals surface area (Å²) in [5.41, 5.74) is 7.38. The molecule has 0 unspecified atom stereocenters. The first kappa shape index (κ1) is 9.69. The number of hydrogen-bond acceptors (Lipinski definition) is 3. The Balaban J connectivity index is 2.93. The molecule has 0 aromatic carbocycles. The lowest BCUT2D eigenvalue weighted by atomic mass is 10.0. The molecule has 0 aliphatic carbocycles. The van der Waals surface area contributed by atoms with Gasteiger partial charge in [-0.25, -0.2) is 0 Å². The van der Waals surface area contributed by atoms with Gasteiger partial charge in [0, 0.05) is 24.0 Å². The monoisotopic (exact) mass is 175 g/mol. The van der Waals surface area contributed by atoms with Gasteiger partial charge in [-0.2, -0.15) is 5.26 Å². The van der Waals surface area contributed by atoms with Crippen LogP contribution < -0.4 is 5.73 Å². The molecule has 68 valence electrons. The van der Waals surface area contributed by atoms with Gasteiger partial charge < -0.3 is 5.73 Å². The van der Waals surface area contributed by atoms with Crippen molar-refractivity contribution in [3.8, 4) is 6.07 Å². The summed E-state index contributed by atoms with van der Waals surface area (Å²) < 4.78 is 0. The van der Waals surface area contributed by atoms with Crippen molar-refractivity contribution in [1.82, 2.24) is 4.98 Å². The van der Waals surface area contributed by atoms with Gasteiger partial charge in [0.2, 0.25) is 0 Å². The third kappa shape index (κ3) is 2.27. The molecular formula is C10H13N3. The average Bonchev–Trinajstić information content (AvgIpc) is 2.18. The highest BCUT2D eigenvalue weighted by Crippen LogP contribution is 2.17. The van der Waals surface area contributed by atoms with Crippen LogP contribution in [-0.4, -0.2) is 4.98 Å². The van der Waals surface area contributed by atoms with Gasteiger partial charge in [-0.3, -0.25) is 4.98 Å². The summed E-state index contributed by atoms with van der Waals surface area (Å²) in [6, 6.07) is 3.75. The predicted molar refractivity (Wildman–Crippen MR) is 50.8 cm³/mol. The van der Waals surface area contributed by atoms with E-state index in [1.807, 2.05) is 0 Å². The Labute approximate surface area is 78.2 Å². The van der Waals surface area contributed by atoms with E-state index in [4.69, 9.17) is 11.0 Å². The van der Waals surface area contributed by atoms with Crippen molar-refractivity contribution in [1.29, 1.82) is 5.26 Å². The van der Waals surface area contributed by atoms with Crippen LogP contribution in [0.3, 0.4) is 0 Å². The maximum Gasteiger partial charge on any atom is 0.0996 e. The van der Waals surface area contributed by atoms with Crippen LogP contribution in [0.5, 0.6) is 0 Å². The molecule has 1 heterocycles. The first-order valence-electron chi connectivity index (χ1n) is 4.39. The van der Waals surface area contributed by atoms with E-state index >= 15 is 0 Å². The lowest BCUT2D eigenvalue weighted by Crippen LogP contribution is -2.11. The molecule has 1 aromatic heterocycles. The number of pyridine rings is 1. The van der Waals surface area contributed by atoms with Gasteiger partial charge in [-0.05, 0) is 12.5 Å². The molecule has 0 saturated carbocycles. The Kier molecular flexibility index (Phi) is 3.41.